The molecule has 2 aromatic heterocycles. The Bertz CT molecular complexity index is 965. The first-order valence-corrected chi connectivity index (χ1v) is 10.5. The van der Waals surface area contributed by atoms with Crippen LogP contribution < -0.4 is 0 Å². The van der Waals surface area contributed by atoms with Gasteiger partial charge in [-0.15, -0.1) is 0 Å². The normalized spacial score (nSPS) is 17.6. The summed E-state index contributed by atoms with van der Waals surface area (Å²) in [6.07, 6.45) is 3.04. The maximum absolute atomic E-state index is 6.09. The van der Waals surface area contributed by atoms with Gasteiger partial charge in [0.2, 0.25) is 0 Å². The van der Waals surface area contributed by atoms with Crippen LogP contribution in [0.1, 0.15) is 46.8 Å². The SMILES string of the molecule is CCn1cc(CN2CCO[C@@H](c3cccc(Cc4ccccc4C)n3)C2)c(C)n1. The molecule has 3 heterocycles. The third-order valence-corrected chi connectivity index (χ3v) is 5.71. The van der Waals surface area contributed by atoms with E-state index in [1.54, 1.807) is 0 Å². The largest absolute Gasteiger partial charge is 0.369 e. The third-order valence-electron chi connectivity index (χ3n) is 5.71. The van der Waals surface area contributed by atoms with Crippen molar-refractivity contribution in [2.24, 2.45) is 0 Å². The molecule has 5 nitrogen and oxygen atoms in total. The number of aryl methyl sites for hydroxylation is 3. The third kappa shape index (κ3) is 4.74. The molecule has 0 spiro atoms. The number of hydrogen-bond donors (Lipinski definition) is 0. The molecule has 0 radical (unpaired) electrons. The Morgan fingerprint density at radius 1 is 1.07 bits per heavy atom. The highest BCUT2D eigenvalue weighted by molar-refractivity contribution is 5.30. The van der Waals surface area contributed by atoms with Crippen molar-refractivity contribution in [2.45, 2.75) is 46.4 Å². The number of benzene rings is 1. The van der Waals surface area contributed by atoms with Crippen LogP contribution in [0.3, 0.4) is 0 Å². The van der Waals surface area contributed by atoms with Crippen LogP contribution in [-0.4, -0.2) is 39.4 Å². The highest BCUT2D eigenvalue weighted by Gasteiger charge is 2.24. The lowest BCUT2D eigenvalue weighted by Gasteiger charge is -2.32. The lowest BCUT2D eigenvalue weighted by molar-refractivity contribution is -0.0351. The second-order valence-electron chi connectivity index (χ2n) is 7.85. The van der Waals surface area contributed by atoms with E-state index in [2.05, 4.69) is 79.4 Å². The number of nitrogens with zero attached hydrogens (tertiary/aromatic N) is 4. The summed E-state index contributed by atoms with van der Waals surface area (Å²) in [5.41, 5.74) is 7.18. The van der Waals surface area contributed by atoms with Crippen molar-refractivity contribution in [2.75, 3.05) is 19.7 Å². The molecule has 1 fully saturated rings. The number of pyridine rings is 1. The number of ether oxygens (including phenoxy) is 1. The summed E-state index contributed by atoms with van der Waals surface area (Å²) in [7, 11) is 0. The van der Waals surface area contributed by atoms with Gasteiger partial charge in [-0.2, -0.15) is 5.10 Å². The Morgan fingerprint density at radius 3 is 2.72 bits per heavy atom. The standard InChI is InChI=1S/C24H30N4O/c1-4-28-16-21(19(3)26-28)15-27-12-13-29-24(17-27)23-11-7-10-22(25-23)14-20-9-6-5-8-18(20)2/h5-11,16,24H,4,12-15,17H2,1-3H3/t24-/m1/s1. The molecule has 1 aromatic carbocycles. The van der Waals surface area contributed by atoms with E-state index in [-0.39, 0.29) is 6.10 Å². The van der Waals surface area contributed by atoms with Gasteiger partial charge in [0.05, 0.1) is 18.0 Å². The van der Waals surface area contributed by atoms with Gasteiger partial charge in [0.1, 0.15) is 6.10 Å². The van der Waals surface area contributed by atoms with Crippen LogP contribution in [0.2, 0.25) is 0 Å². The van der Waals surface area contributed by atoms with Gasteiger partial charge in [0.25, 0.3) is 0 Å². The van der Waals surface area contributed by atoms with Crippen molar-refractivity contribution in [3.8, 4) is 0 Å². The number of aromatic nitrogens is 3. The molecule has 0 bridgehead atoms. The minimum absolute atomic E-state index is 0.0158. The van der Waals surface area contributed by atoms with Gasteiger partial charge < -0.3 is 4.74 Å². The molecule has 4 rings (SSSR count). The Balaban J connectivity index is 1.45. The second kappa shape index (κ2) is 8.89. The molecular weight excluding hydrogens is 360 g/mol. The lowest BCUT2D eigenvalue weighted by Crippen LogP contribution is -2.38. The van der Waals surface area contributed by atoms with Crippen LogP contribution in [-0.2, 0) is 24.2 Å². The van der Waals surface area contributed by atoms with Crippen LogP contribution in [0.5, 0.6) is 0 Å². The molecule has 1 aliphatic rings. The minimum atomic E-state index is 0.0158. The first kappa shape index (κ1) is 19.8. The summed E-state index contributed by atoms with van der Waals surface area (Å²) >= 11 is 0. The summed E-state index contributed by atoms with van der Waals surface area (Å²) in [5.74, 6) is 0. The highest BCUT2D eigenvalue weighted by atomic mass is 16.5. The zero-order valence-electron chi connectivity index (χ0n) is 17.6. The van der Waals surface area contributed by atoms with Crippen molar-refractivity contribution < 1.29 is 4.74 Å². The van der Waals surface area contributed by atoms with E-state index in [0.29, 0.717) is 0 Å². The Kier molecular flexibility index (Phi) is 6.07. The van der Waals surface area contributed by atoms with Gasteiger partial charge in [0.15, 0.2) is 0 Å². The zero-order chi connectivity index (χ0) is 20.2. The van der Waals surface area contributed by atoms with E-state index in [1.165, 1.54) is 16.7 Å². The summed E-state index contributed by atoms with van der Waals surface area (Å²) in [4.78, 5) is 7.39. The van der Waals surface area contributed by atoms with Gasteiger partial charge in [0, 0.05) is 50.1 Å². The van der Waals surface area contributed by atoms with E-state index < -0.39 is 0 Å². The Morgan fingerprint density at radius 2 is 1.93 bits per heavy atom. The molecule has 1 atom stereocenters. The van der Waals surface area contributed by atoms with Crippen molar-refractivity contribution in [1.82, 2.24) is 19.7 Å². The smallest absolute Gasteiger partial charge is 0.112 e. The first-order valence-electron chi connectivity index (χ1n) is 10.5. The molecule has 152 valence electrons. The minimum Gasteiger partial charge on any atom is -0.369 e. The number of morpholine rings is 1. The van der Waals surface area contributed by atoms with Crippen molar-refractivity contribution >= 4 is 0 Å². The van der Waals surface area contributed by atoms with Crippen molar-refractivity contribution in [1.29, 1.82) is 0 Å². The van der Waals surface area contributed by atoms with Crippen LogP contribution >= 0.6 is 0 Å². The van der Waals surface area contributed by atoms with Crippen LogP contribution in [0.25, 0.3) is 0 Å². The summed E-state index contributed by atoms with van der Waals surface area (Å²) in [6.45, 7) is 10.7. The molecule has 0 aliphatic carbocycles. The fourth-order valence-corrected chi connectivity index (χ4v) is 3.92. The average Bonchev–Trinajstić information content (AvgIpc) is 3.10. The topological polar surface area (TPSA) is 43.2 Å². The van der Waals surface area contributed by atoms with Gasteiger partial charge in [-0.1, -0.05) is 30.3 Å². The molecule has 0 N–H and O–H groups in total. The summed E-state index contributed by atoms with van der Waals surface area (Å²) < 4.78 is 8.11. The van der Waals surface area contributed by atoms with E-state index in [0.717, 1.165) is 56.3 Å². The molecule has 3 aromatic rings. The Hall–Kier alpha value is -2.50. The van der Waals surface area contributed by atoms with Crippen LogP contribution in [0, 0.1) is 13.8 Å². The lowest BCUT2D eigenvalue weighted by atomic mass is 10.0. The predicted octanol–water partition coefficient (Wildman–Crippen LogP) is 4.08. The maximum Gasteiger partial charge on any atom is 0.112 e. The molecule has 0 saturated carbocycles. The quantitative estimate of drug-likeness (QED) is 0.636. The molecule has 5 heteroatoms. The van der Waals surface area contributed by atoms with Gasteiger partial charge in [-0.3, -0.25) is 14.6 Å². The maximum atomic E-state index is 6.09. The Labute approximate surface area is 173 Å². The van der Waals surface area contributed by atoms with E-state index in [9.17, 15) is 0 Å². The van der Waals surface area contributed by atoms with E-state index in [1.807, 2.05) is 4.68 Å². The van der Waals surface area contributed by atoms with E-state index in [4.69, 9.17) is 9.72 Å². The number of rotatable bonds is 6. The molecule has 1 aliphatic heterocycles. The molecule has 0 amide bonds. The van der Waals surface area contributed by atoms with Gasteiger partial charge in [-0.25, -0.2) is 0 Å². The second-order valence-corrected chi connectivity index (χ2v) is 7.85. The van der Waals surface area contributed by atoms with Crippen molar-refractivity contribution in [3.63, 3.8) is 0 Å². The number of hydrogen-bond acceptors (Lipinski definition) is 4. The fourth-order valence-electron chi connectivity index (χ4n) is 3.92. The molecule has 29 heavy (non-hydrogen) atoms. The fraction of sp³-hybridized carbons (Fsp3) is 0.417. The average molecular weight is 391 g/mol. The van der Waals surface area contributed by atoms with E-state index >= 15 is 0 Å². The highest BCUT2D eigenvalue weighted by Crippen LogP contribution is 2.23. The first-order chi connectivity index (χ1) is 14.1. The zero-order valence-corrected chi connectivity index (χ0v) is 17.6. The predicted molar refractivity (Wildman–Crippen MR) is 115 cm³/mol. The molecule has 1 saturated heterocycles. The van der Waals surface area contributed by atoms with Crippen LogP contribution in [0.15, 0.2) is 48.7 Å². The summed E-state index contributed by atoms with van der Waals surface area (Å²) in [5, 5.41) is 4.58. The molecular formula is C24H30N4O. The van der Waals surface area contributed by atoms with Gasteiger partial charge in [-0.05, 0) is 44.0 Å². The van der Waals surface area contributed by atoms with Crippen LogP contribution in [0.4, 0.5) is 0 Å². The summed E-state index contributed by atoms with van der Waals surface area (Å²) in [6, 6.07) is 14.8. The molecule has 0 unspecified atom stereocenters. The van der Waals surface area contributed by atoms with Gasteiger partial charge >= 0.3 is 0 Å². The van der Waals surface area contributed by atoms with Crippen molar-refractivity contribution in [3.05, 3.63) is 82.4 Å². The monoisotopic (exact) mass is 390 g/mol.